The van der Waals surface area contributed by atoms with Crippen LogP contribution in [-0.2, 0) is 25.1 Å². The summed E-state index contributed by atoms with van der Waals surface area (Å²) in [6.45, 7) is 22.9. The van der Waals surface area contributed by atoms with Gasteiger partial charge in [0.25, 0.3) is 0 Å². The van der Waals surface area contributed by atoms with Crippen molar-refractivity contribution in [2.75, 3.05) is 51.0 Å². The molecule has 2 heterocycles. The Balaban J connectivity index is 1.19. The summed E-state index contributed by atoms with van der Waals surface area (Å²) >= 11 is 0. The van der Waals surface area contributed by atoms with Gasteiger partial charge in [-0.2, -0.15) is 4.58 Å². The quantitative estimate of drug-likeness (QED) is 0.0806. The SMILES string of the molecule is CCCCCN1/C(=C/C=C2\CCCC(/C=C/C3=[N+](CCCCCC(=O)NCCOCCOCC(C)(C)C)c4ccccc4C3(C)C)=C2Oc2ccccc2)C(C)(C)c2ccccc21. The Hall–Kier alpha value is -4.72. The molecule has 0 bridgehead atoms. The van der Waals surface area contributed by atoms with Crippen LogP contribution in [0.25, 0.3) is 0 Å². The fraction of sp³-hybridized carbons (Fsp3) is 0.500. The molecule has 1 amide bonds. The van der Waals surface area contributed by atoms with Crippen LogP contribution in [0.3, 0.4) is 0 Å². The largest absolute Gasteiger partial charge is 0.457 e. The van der Waals surface area contributed by atoms with Crippen LogP contribution in [0.15, 0.2) is 126 Å². The summed E-state index contributed by atoms with van der Waals surface area (Å²) in [5.41, 5.74) is 10.4. The van der Waals surface area contributed by atoms with E-state index in [1.807, 2.05) is 18.2 Å². The molecule has 63 heavy (non-hydrogen) atoms. The van der Waals surface area contributed by atoms with Gasteiger partial charge < -0.3 is 24.4 Å². The number of carbonyl (C=O) groups is 1. The summed E-state index contributed by atoms with van der Waals surface area (Å²) in [5.74, 6) is 1.92. The summed E-state index contributed by atoms with van der Waals surface area (Å²) in [5, 5.41) is 3.02. The molecule has 3 aromatic carbocycles. The van der Waals surface area contributed by atoms with Gasteiger partial charge in [0.1, 0.15) is 18.1 Å². The maximum Gasteiger partial charge on any atom is 0.220 e. The van der Waals surface area contributed by atoms with E-state index in [0.717, 1.165) is 63.1 Å². The molecular formula is C56H76N3O4+. The average molecular weight is 855 g/mol. The van der Waals surface area contributed by atoms with Gasteiger partial charge in [-0.1, -0.05) is 115 Å². The molecule has 7 heteroatoms. The van der Waals surface area contributed by atoms with Crippen LogP contribution < -0.4 is 15.0 Å². The third-order valence-electron chi connectivity index (χ3n) is 12.7. The first-order chi connectivity index (χ1) is 30.3. The van der Waals surface area contributed by atoms with Crippen molar-refractivity contribution in [2.45, 2.75) is 130 Å². The lowest BCUT2D eigenvalue weighted by atomic mass is 9.81. The minimum absolute atomic E-state index is 0.0886. The molecule has 0 saturated heterocycles. The highest BCUT2D eigenvalue weighted by Gasteiger charge is 2.44. The number of fused-ring (bicyclic) bond motifs is 2. The van der Waals surface area contributed by atoms with E-state index in [2.05, 4.69) is 155 Å². The Bertz CT molecular complexity index is 2150. The van der Waals surface area contributed by atoms with Gasteiger partial charge in [-0.05, 0) is 105 Å². The van der Waals surface area contributed by atoms with Gasteiger partial charge in [0.05, 0.1) is 31.8 Å². The zero-order valence-electron chi connectivity index (χ0n) is 39.9. The number of nitrogens with one attached hydrogen (secondary N) is 1. The molecule has 3 aliphatic rings. The number of hydrogen-bond donors (Lipinski definition) is 1. The van der Waals surface area contributed by atoms with Crippen molar-refractivity contribution in [3.63, 3.8) is 0 Å². The summed E-state index contributed by atoms with van der Waals surface area (Å²) < 4.78 is 20.7. The monoisotopic (exact) mass is 855 g/mol. The van der Waals surface area contributed by atoms with E-state index < -0.39 is 0 Å². The smallest absolute Gasteiger partial charge is 0.220 e. The molecule has 6 rings (SSSR count). The molecule has 7 nitrogen and oxygen atoms in total. The minimum atomic E-state index is -0.170. The fourth-order valence-electron chi connectivity index (χ4n) is 9.28. The van der Waals surface area contributed by atoms with Gasteiger partial charge in [0.15, 0.2) is 5.71 Å². The van der Waals surface area contributed by atoms with Crippen LogP contribution in [-0.4, -0.2) is 62.3 Å². The number of allylic oxidation sites excluding steroid dienone is 7. The first-order valence-electron chi connectivity index (χ1n) is 23.9. The van der Waals surface area contributed by atoms with Crippen molar-refractivity contribution in [1.29, 1.82) is 0 Å². The molecule has 0 fully saturated rings. The Morgan fingerprint density at radius 3 is 2.29 bits per heavy atom. The number of hydrogen-bond acceptors (Lipinski definition) is 5. The van der Waals surface area contributed by atoms with E-state index >= 15 is 0 Å². The van der Waals surface area contributed by atoms with Crippen molar-refractivity contribution in [3.8, 4) is 5.75 Å². The first-order valence-corrected chi connectivity index (χ1v) is 23.9. The van der Waals surface area contributed by atoms with E-state index in [1.165, 1.54) is 64.3 Å². The summed E-state index contributed by atoms with van der Waals surface area (Å²) in [4.78, 5) is 15.2. The highest BCUT2D eigenvalue weighted by atomic mass is 16.5. The van der Waals surface area contributed by atoms with Crippen LogP contribution in [0, 0.1) is 5.41 Å². The lowest BCUT2D eigenvalue weighted by Crippen LogP contribution is -2.28. The normalized spacial score (nSPS) is 18.2. The van der Waals surface area contributed by atoms with Crippen molar-refractivity contribution in [2.24, 2.45) is 5.41 Å². The van der Waals surface area contributed by atoms with E-state index in [-0.39, 0.29) is 22.2 Å². The van der Waals surface area contributed by atoms with Crippen molar-refractivity contribution < 1.29 is 23.6 Å². The summed E-state index contributed by atoms with van der Waals surface area (Å²) in [6.07, 6.45) is 19.4. The molecule has 0 spiro atoms. The predicted molar refractivity (Wildman–Crippen MR) is 261 cm³/mol. The van der Waals surface area contributed by atoms with E-state index in [9.17, 15) is 4.79 Å². The predicted octanol–water partition coefficient (Wildman–Crippen LogP) is 12.7. The average Bonchev–Trinajstić information content (AvgIpc) is 3.61. The summed E-state index contributed by atoms with van der Waals surface area (Å²) in [7, 11) is 0. The molecule has 3 aromatic rings. The molecule has 0 saturated carbocycles. The van der Waals surface area contributed by atoms with Gasteiger partial charge in [0, 0.05) is 60.4 Å². The number of benzene rings is 3. The van der Waals surface area contributed by atoms with E-state index in [1.54, 1.807) is 0 Å². The standard InChI is InChI=1S/C56H75N3O4/c1-9-10-20-37-58-48-29-18-16-27-46(48)55(5,6)50(58)34-32-43-23-22-24-44(53(43)63-45-25-13-11-14-26-45)33-35-51-56(7,8)47-28-17-19-30-49(47)59(51)38-21-12-15-31-52(60)57-36-39-61-40-41-62-42-54(2,3)4/h11,13-14,16-19,25-30,32-35H,9-10,12,15,20-24,31,36-42H2,1-8H3/p+1. The van der Waals surface area contributed by atoms with Gasteiger partial charge in [-0.15, -0.1) is 0 Å². The second-order valence-corrected chi connectivity index (χ2v) is 19.8. The second-order valence-electron chi connectivity index (χ2n) is 19.8. The first kappa shape index (κ1) is 47.8. The molecular weight excluding hydrogens is 779 g/mol. The minimum Gasteiger partial charge on any atom is -0.457 e. The molecule has 1 aliphatic carbocycles. The lowest BCUT2D eigenvalue weighted by Gasteiger charge is -2.27. The number of amides is 1. The molecule has 0 atom stereocenters. The van der Waals surface area contributed by atoms with Crippen LogP contribution >= 0.6 is 0 Å². The van der Waals surface area contributed by atoms with Gasteiger partial charge in [-0.25, -0.2) is 0 Å². The van der Waals surface area contributed by atoms with Crippen LogP contribution in [0.1, 0.15) is 131 Å². The number of unbranched alkanes of at least 4 members (excludes halogenated alkanes) is 4. The fourth-order valence-corrected chi connectivity index (χ4v) is 9.28. The van der Waals surface area contributed by atoms with Crippen LogP contribution in [0.5, 0.6) is 5.75 Å². The van der Waals surface area contributed by atoms with Crippen molar-refractivity contribution in [1.82, 2.24) is 5.32 Å². The van der Waals surface area contributed by atoms with E-state index in [0.29, 0.717) is 39.4 Å². The van der Waals surface area contributed by atoms with Gasteiger partial charge in [0.2, 0.25) is 11.6 Å². The number of rotatable bonds is 22. The number of anilines is 1. The van der Waals surface area contributed by atoms with Crippen LogP contribution in [0.4, 0.5) is 11.4 Å². The summed E-state index contributed by atoms with van der Waals surface area (Å²) in [6, 6.07) is 28.1. The molecule has 1 N–H and O–H groups in total. The topological polar surface area (TPSA) is 63.0 Å². The molecule has 0 radical (unpaired) electrons. The second kappa shape index (κ2) is 22.3. The molecule has 0 unspecified atom stereocenters. The number of ether oxygens (including phenoxy) is 3. The lowest BCUT2D eigenvalue weighted by molar-refractivity contribution is -0.438. The Morgan fingerprint density at radius 2 is 1.51 bits per heavy atom. The van der Waals surface area contributed by atoms with Gasteiger partial charge in [-0.3, -0.25) is 4.79 Å². The molecule has 2 aliphatic heterocycles. The highest BCUT2D eigenvalue weighted by molar-refractivity contribution is 6.03. The Morgan fingerprint density at radius 1 is 0.778 bits per heavy atom. The number of carbonyl (C=O) groups excluding carboxylic acids is 1. The molecule has 0 aromatic heterocycles. The van der Waals surface area contributed by atoms with Gasteiger partial charge >= 0.3 is 0 Å². The van der Waals surface area contributed by atoms with Crippen molar-refractivity contribution in [3.05, 3.63) is 137 Å². The maximum absolute atomic E-state index is 12.6. The Labute approximate surface area is 380 Å². The zero-order chi connectivity index (χ0) is 44.9. The van der Waals surface area contributed by atoms with Crippen LogP contribution in [0.2, 0.25) is 0 Å². The number of nitrogens with zero attached hydrogens (tertiary/aromatic N) is 2. The number of para-hydroxylation sites is 3. The third kappa shape index (κ3) is 12.5. The molecule has 338 valence electrons. The highest BCUT2D eigenvalue weighted by Crippen LogP contribution is 2.48. The zero-order valence-corrected chi connectivity index (χ0v) is 39.9. The van der Waals surface area contributed by atoms with Crippen molar-refractivity contribution >= 4 is 23.0 Å². The maximum atomic E-state index is 12.6. The third-order valence-corrected chi connectivity index (χ3v) is 12.7. The Kier molecular flexibility index (Phi) is 16.9. The van der Waals surface area contributed by atoms with E-state index in [4.69, 9.17) is 14.2 Å².